The topological polar surface area (TPSA) is 98.0 Å². The Morgan fingerprint density at radius 3 is 2.50 bits per heavy atom. The van der Waals surface area contributed by atoms with E-state index in [9.17, 15) is 25.2 Å². The molecule has 5 heteroatoms. The molecule has 0 amide bonds. The van der Waals surface area contributed by atoms with Gasteiger partial charge >= 0.3 is 5.97 Å². The van der Waals surface area contributed by atoms with Crippen LogP contribution in [0.4, 0.5) is 0 Å². The van der Waals surface area contributed by atoms with Crippen molar-refractivity contribution in [1.29, 1.82) is 0 Å². The van der Waals surface area contributed by atoms with Crippen molar-refractivity contribution in [1.82, 2.24) is 0 Å². The summed E-state index contributed by atoms with van der Waals surface area (Å²) in [6.07, 6.45) is 4.87. The van der Waals surface area contributed by atoms with Gasteiger partial charge in [0.2, 0.25) is 0 Å². The van der Waals surface area contributed by atoms with E-state index in [-0.39, 0.29) is 46.5 Å². The Labute approximate surface area is 196 Å². The highest BCUT2D eigenvalue weighted by Crippen LogP contribution is 2.68. The Kier molecular flexibility index (Phi) is 6.04. The first-order valence-corrected chi connectivity index (χ1v) is 12.9. The van der Waals surface area contributed by atoms with E-state index in [2.05, 4.69) is 20.8 Å². The zero-order chi connectivity index (χ0) is 25.2. The SMILES string of the molecule is [2H][C@H](CC[C@@H](C)[C@H]1CC[C@H]2[C@@H]3[C@H](O)C[C@@H]4C[C@H](O)CC[C@]4(C)[C@H]3C[C@H](O)[C@]12C)[C@@]([2H])(C)C(=O)O. The van der Waals surface area contributed by atoms with Crippen molar-refractivity contribution in [3.05, 3.63) is 0 Å². The highest BCUT2D eigenvalue weighted by Gasteiger charge is 2.65. The van der Waals surface area contributed by atoms with E-state index in [0.29, 0.717) is 25.2 Å². The van der Waals surface area contributed by atoms with Gasteiger partial charge in [0.15, 0.2) is 0 Å². The molecule has 4 saturated carbocycles. The quantitative estimate of drug-likeness (QED) is 0.476. The molecule has 0 aromatic heterocycles. The van der Waals surface area contributed by atoms with Gasteiger partial charge in [-0.25, -0.2) is 0 Å². The lowest BCUT2D eigenvalue weighted by Crippen LogP contribution is -2.62. The van der Waals surface area contributed by atoms with Crippen LogP contribution in [0.15, 0.2) is 0 Å². The number of aliphatic hydroxyl groups is 3. The van der Waals surface area contributed by atoms with E-state index < -0.39 is 30.5 Å². The van der Waals surface area contributed by atoms with Gasteiger partial charge in [0.05, 0.1) is 24.2 Å². The molecule has 5 nitrogen and oxygen atoms in total. The normalized spacial score (nSPS) is 53.0. The number of aliphatic carboxylic acids is 1. The molecule has 0 saturated heterocycles. The molecule has 4 aliphatic carbocycles. The predicted molar refractivity (Wildman–Crippen MR) is 124 cm³/mol. The molecule has 0 spiro atoms. The van der Waals surface area contributed by atoms with Gasteiger partial charge in [-0.1, -0.05) is 40.5 Å². The number of carboxylic acid groups (broad SMARTS) is 1. The van der Waals surface area contributed by atoms with Gasteiger partial charge < -0.3 is 20.4 Å². The summed E-state index contributed by atoms with van der Waals surface area (Å²) in [6.45, 7) is 8.01. The average molecular weight is 453 g/mol. The second-order valence-electron chi connectivity index (χ2n) is 12.3. The summed E-state index contributed by atoms with van der Waals surface area (Å²) >= 11 is 0. The first-order chi connectivity index (χ1) is 15.7. The molecule has 32 heavy (non-hydrogen) atoms. The molecular formula is C27H46O5. The molecule has 4 aliphatic rings. The van der Waals surface area contributed by atoms with Gasteiger partial charge in [-0.15, -0.1) is 0 Å². The van der Waals surface area contributed by atoms with Crippen LogP contribution in [-0.4, -0.2) is 44.7 Å². The molecule has 0 radical (unpaired) electrons. The van der Waals surface area contributed by atoms with Crippen LogP contribution in [0.2, 0.25) is 0 Å². The Hall–Kier alpha value is -0.650. The van der Waals surface area contributed by atoms with Crippen molar-refractivity contribution in [3.63, 3.8) is 0 Å². The van der Waals surface area contributed by atoms with Crippen LogP contribution in [0.1, 0.15) is 94.6 Å². The number of rotatable bonds is 6. The van der Waals surface area contributed by atoms with Crippen LogP contribution < -0.4 is 0 Å². The number of aliphatic hydroxyl groups excluding tert-OH is 3. The Morgan fingerprint density at radius 2 is 1.81 bits per heavy atom. The molecule has 4 fully saturated rings. The third-order valence-electron chi connectivity index (χ3n) is 10.9. The van der Waals surface area contributed by atoms with E-state index in [1.807, 2.05) is 0 Å². The van der Waals surface area contributed by atoms with Gasteiger partial charge in [-0.05, 0) is 97.7 Å². The number of hydrogen-bond donors (Lipinski definition) is 4. The minimum Gasteiger partial charge on any atom is -0.481 e. The zero-order valence-electron chi connectivity index (χ0n) is 22.3. The van der Waals surface area contributed by atoms with E-state index in [4.69, 9.17) is 2.74 Å². The van der Waals surface area contributed by atoms with Crippen LogP contribution in [-0.2, 0) is 4.79 Å². The zero-order valence-corrected chi connectivity index (χ0v) is 20.3. The first-order valence-electron chi connectivity index (χ1n) is 14.0. The fourth-order valence-corrected chi connectivity index (χ4v) is 8.98. The summed E-state index contributed by atoms with van der Waals surface area (Å²) in [5, 5.41) is 42.6. The molecule has 0 heterocycles. The van der Waals surface area contributed by atoms with Crippen LogP contribution >= 0.6 is 0 Å². The van der Waals surface area contributed by atoms with Gasteiger partial charge in [0, 0.05) is 2.74 Å². The summed E-state index contributed by atoms with van der Waals surface area (Å²) in [4.78, 5) is 11.4. The van der Waals surface area contributed by atoms with Crippen LogP contribution in [0.25, 0.3) is 0 Å². The minimum absolute atomic E-state index is 0.0585. The second kappa shape index (κ2) is 8.85. The molecule has 4 N–H and O–H groups in total. The van der Waals surface area contributed by atoms with Crippen LogP contribution in [0.5, 0.6) is 0 Å². The third-order valence-corrected chi connectivity index (χ3v) is 10.9. The Morgan fingerprint density at radius 1 is 1.09 bits per heavy atom. The maximum Gasteiger partial charge on any atom is 0.306 e. The van der Waals surface area contributed by atoms with Crippen molar-refractivity contribution < 1.29 is 28.0 Å². The average Bonchev–Trinajstić information content (AvgIpc) is 3.12. The van der Waals surface area contributed by atoms with Gasteiger partial charge in [-0.2, -0.15) is 0 Å². The monoisotopic (exact) mass is 452 g/mol. The van der Waals surface area contributed by atoms with Crippen molar-refractivity contribution in [2.45, 2.75) is 110 Å². The maximum atomic E-state index is 11.6. The van der Waals surface area contributed by atoms with E-state index in [1.54, 1.807) is 0 Å². The molecule has 0 aromatic rings. The van der Waals surface area contributed by atoms with E-state index in [0.717, 1.165) is 38.5 Å². The van der Waals surface area contributed by atoms with Crippen molar-refractivity contribution in [2.24, 2.45) is 52.2 Å². The van der Waals surface area contributed by atoms with Crippen molar-refractivity contribution in [2.75, 3.05) is 0 Å². The van der Waals surface area contributed by atoms with Crippen molar-refractivity contribution in [3.8, 4) is 0 Å². The minimum atomic E-state index is -1.81. The summed E-state index contributed by atoms with van der Waals surface area (Å²) in [7, 11) is 0. The number of fused-ring (bicyclic) bond motifs is 5. The van der Waals surface area contributed by atoms with E-state index >= 15 is 0 Å². The molecule has 4 rings (SSSR count). The smallest absolute Gasteiger partial charge is 0.306 e. The summed E-state index contributed by atoms with van der Waals surface area (Å²) in [5.41, 5.74) is -0.240. The number of carboxylic acids is 1. The van der Waals surface area contributed by atoms with Gasteiger partial charge in [0.1, 0.15) is 0 Å². The highest BCUT2D eigenvalue weighted by atomic mass is 16.4. The molecule has 0 aliphatic heterocycles. The standard InChI is InChI=1S/C27H46O5/c1-15(6-5-7-16(2)25(31)32)19-8-9-20-24-21(14-23(30)27(19,20)4)26(3)11-10-18(28)12-17(26)13-22(24)29/h15-24,28-30H,5-14H2,1-4H3,(H,31,32)/t15-,16-,17+,18-,19-,20+,21+,22-,23+,24+,26+,27-/m1/s1/i7D,16D/t7-,15-,16-,17+,18-,19-,20+,21+,22-,23+,24+,26+,27-. The number of carbonyl (C=O) groups is 1. The fourth-order valence-electron chi connectivity index (χ4n) is 8.98. The second-order valence-corrected chi connectivity index (χ2v) is 12.3. The number of hydrogen-bond acceptors (Lipinski definition) is 4. The Bertz CT molecular complexity index is 776. The molecule has 184 valence electrons. The summed E-state index contributed by atoms with van der Waals surface area (Å²) in [5.74, 6) is -1.59. The lowest BCUT2D eigenvalue weighted by molar-refractivity contribution is -0.207. The molecule has 0 aromatic carbocycles. The molecule has 0 bridgehead atoms. The van der Waals surface area contributed by atoms with Gasteiger partial charge in [-0.3, -0.25) is 4.79 Å². The van der Waals surface area contributed by atoms with E-state index in [1.165, 1.54) is 6.92 Å². The first kappa shape index (κ1) is 21.9. The summed E-state index contributed by atoms with van der Waals surface area (Å²) < 4.78 is 16.3. The molecule has 13 atom stereocenters. The largest absolute Gasteiger partial charge is 0.481 e. The highest BCUT2D eigenvalue weighted by molar-refractivity contribution is 5.69. The van der Waals surface area contributed by atoms with Crippen LogP contribution in [0.3, 0.4) is 0 Å². The van der Waals surface area contributed by atoms with Gasteiger partial charge in [0.25, 0.3) is 0 Å². The van der Waals surface area contributed by atoms with Crippen LogP contribution in [0, 0.1) is 52.2 Å². The Balaban J connectivity index is 1.52. The lowest BCUT2D eigenvalue weighted by Gasteiger charge is -2.63. The lowest BCUT2D eigenvalue weighted by atomic mass is 9.43. The predicted octanol–water partition coefficient (Wildman–Crippen LogP) is 4.47. The van der Waals surface area contributed by atoms with Crippen molar-refractivity contribution >= 4 is 5.97 Å². The maximum absolute atomic E-state index is 11.6. The third kappa shape index (κ3) is 3.84. The fraction of sp³-hybridized carbons (Fsp3) is 0.963. The molecular weight excluding hydrogens is 404 g/mol. The molecule has 0 unspecified atom stereocenters. The summed E-state index contributed by atoms with van der Waals surface area (Å²) in [6, 6.07) is 0.